The van der Waals surface area contributed by atoms with Crippen molar-refractivity contribution in [1.82, 2.24) is 4.98 Å². The normalized spacial score (nSPS) is 14.6. The Balaban J connectivity index is 3.07. The summed E-state index contributed by atoms with van der Waals surface area (Å²) < 4.78 is 22.5. The monoisotopic (exact) mass is 252 g/mol. The van der Waals surface area contributed by atoms with Gasteiger partial charge < -0.3 is 0 Å². The van der Waals surface area contributed by atoms with E-state index in [1.165, 1.54) is 19.2 Å². The van der Waals surface area contributed by atoms with Gasteiger partial charge in [-0.15, -0.1) is 0 Å². The summed E-state index contributed by atoms with van der Waals surface area (Å²) in [5.74, 6) is -1.78. The Morgan fingerprint density at radius 3 is 2.53 bits per heavy atom. The summed E-state index contributed by atoms with van der Waals surface area (Å²) >= 11 is 0. The van der Waals surface area contributed by atoms with Gasteiger partial charge in [-0.2, -0.15) is 5.26 Å². The topological polar surface area (TPSA) is 87.9 Å². The first-order valence-electron chi connectivity index (χ1n) is 4.91. The third-order valence-electron chi connectivity index (χ3n) is 2.44. The number of aromatic nitrogens is 1. The molecule has 1 aromatic heterocycles. The van der Waals surface area contributed by atoms with Crippen molar-refractivity contribution >= 4 is 15.6 Å². The number of nitriles is 1. The van der Waals surface area contributed by atoms with Crippen LogP contribution in [0.1, 0.15) is 18.5 Å². The molecule has 6 heteroatoms. The lowest BCUT2D eigenvalue weighted by Crippen LogP contribution is -2.30. The minimum absolute atomic E-state index is 0.274. The van der Waals surface area contributed by atoms with Crippen LogP contribution in [0.2, 0.25) is 0 Å². The van der Waals surface area contributed by atoms with Crippen LogP contribution in [0.25, 0.3) is 0 Å². The number of sulfone groups is 1. The molecule has 0 saturated heterocycles. The number of carbonyl (C=O) groups excluding carboxylic acids is 1. The maximum absolute atomic E-state index is 11.9. The standard InChI is InChI=1S/C11H12N2O3S/c1-8(17(2,15)16)11(14)9(7-12)10-5-3-4-6-13-10/h3-6,8-9H,1-2H3. The van der Waals surface area contributed by atoms with Crippen molar-refractivity contribution in [2.24, 2.45) is 0 Å². The average Bonchev–Trinajstić information content (AvgIpc) is 2.29. The summed E-state index contributed by atoms with van der Waals surface area (Å²) in [6.45, 7) is 1.28. The highest BCUT2D eigenvalue weighted by atomic mass is 32.2. The molecule has 2 unspecified atom stereocenters. The third kappa shape index (κ3) is 3.11. The minimum atomic E-state index is -3.49. The van der Waals surface area contributed by atoms with Crippen molar-refractivity contribution in [2.45, 2.75) is 18.1 Å². The van der Waals surface area contributed by atoms with E-state index in [1.54, 1.807) is 18.2 Å². The largest absolute Gasteiger partial charge is 0.296 e. The van der Waals surface area contributed by atoms with Gasteiger partial charge in [-0.1, -0.05) is 6.07 Å². The van der Waals surface area contributed by atoms with Gasteiger partial charge in [0.1, 0.15) is 11.2 Å². The number of hydrogen-bond donors (Lipinski definition) is 0. The zero-order chi connectivity index (χ0) is 13.1. The van der Waals surface area contributed by atoms with E-state index in [0.717, 1.165) is 6.26 Å². The molecule has 0 fully saturated rings. The van der Waals surface area contributed by atoms with Crippen LogP contribution in [0, 0.1) is 11.3 Å². The average molecular weight is 252 g/mol. The van der Waals surface area contributed by atoms with Crippen LogP contribution >= 0.6 is 0 Å². The first-order valence-corrected chi connectivity index (χ1v) is 6.86. The van der Waals surface area contributed by atoms with Gasteiger partial charge in [0, 0.05) is 12.5 Å². The number of rotatable bonds is 4. The molecule has 0 N–H and O–H groups in total. The fourth-order valence-electron chi connectivity index (χ4n) is 1.27. The predicted octanol–water partition coefficient (Wildman–Crippen LogP) is 0.691. The summed E-state index contributed by atoms with van der Waals surface area (Å²) in [6.07, 6.45) is 2.43. The molecule has 0 amide bonds. The quantitative estimate of drug-likeness (QED) is 0.786. The van der Waals surface area contributed by atoms with E-state index < -0.39 is 26.8 Å². The fraction of sp³-hybridized carbons (Fsp3) is 0.364. The summed E-state index contributed by atoms with van der Waals surface area (Å²) in [7, 11) is -3.49. The molecule has 1 aromatic rings. The zero-order valence-electron chi connectivity index (χ0n) is 9.49. The highest BCUT2D eigenvalue weighted by molar-refractivity contribution is 7.92. The Bertz CT molecular complexity index is 546. The van der Waals surface area contributed by atoms with E-state index in [-0.39, 0.29) is 5.69 Å². The van der Waals surface area contributed by atoms with Crippen molar-refractivity contribution < 1.29 is 13.2 Å². The van der Waals surface area contributed by atoms with Crippen molar-refractivity contribution in [2.75, 3.05) is 6.26 Å². The van der Waals surface area contributed by atoms with Crippen molar-refractivity contribution in [3.05, 3.63) is 30.1 Å². The number of carbonyl (C=O) groups is 1. The number of ketones is 1. The number of nitrogens with zero attached hydrogens (tertiary/aromatic N) is 2. The van der Waals surface area contributed by atoms with Gasteiger partial charge in [0.05, 0.1) is 11.8 Å². The lowest BCUT2D eigenvalue weighted by Gasteiger charge is -2.12. The van der Waals surface area contributed by atoms with Gasteiger partial charge >= 0.3 is 0 Å². The van der Waals surface area contributed by atoms with Crippen molar-refractivity contribution in [3.63, 3.8) is 0 Å². The molecule has 0 bridgehead atoms. The van der Waals surface area contributed by atoms with Crippen LogP contribution in [0.15, 0.2) is 24.4 Å². The van der Waals surface area contributed by atoms with Crippen LogP contribution in [0.3, 0.4) is 0 Å². The van der Waals surface area contributed by atoms with Gasteiger partial charge in [-0.25, -0.2) is 8.42 Å². The first kappa shape index (κ1) is 13.3. The van der Waals surface area contributed by atoms with E-state index >= 15 is 0 Å². The van der Waals surface area contributed by atoms with Crippen molar-refractivity contribution in [1.29, 1.82) is 5.26 Å². The Hall–Kier alpha value is -1.74. The summed E-state index contributed by atoms with van der Waals surface area (Å²) in [6, 6.07) is 6.62. The van der Waals surface area contributed by atoms with Crippen LogP contribution in [-0.4, -0.2) is 30.7 Å². The lowest BCUT2D eigenvalue weighted by molar-refractivity contribution is -0.118. The van der Waals surface area contributed by atoms with E-state index in [1.807, 2.05) is 0 Å². The van der Waals surface area contributed by atoms with E-state index in [2.05, 4.69) is 4.98 Å². The fourth-order valence-corrected chi connectivity index (χ4v) is 1.83. The summed E-state index contributed by atoms with van der Waals surface area (Å²) in [4.78, 5) is 15.8. The molecule has 90 valence electrons. The molecule has 0 spiro atoms. The molecule has 2 atom stereocenters. The highest BCUT2D eigenvalue weighted by Gasteiger charge is 2.32. The van der Waals surface area contributed by atoms with Crippen LogP contribution in [0.5, 0.6) is 0 Å². The summed E-state index contributed by atoms with van der Waals surface area (Å²) in [5, 5.41) is 7.76. The third-order valence-corrected chi connectivity index (χ3v) is 3.96. The molecule has 0 radical (unpaired) electrons. The van der Waals surface area contributed by atoms with Crippen LogP contribution < -0.4 is 0 Å². The maximum atomic E-state index is 11.9. The molecule has 1 heterocycles. The Morgan fingerprint density at radius 2 is 2.12 bits per heavy atom. The van der Waals surface area contributed by atoms with E-state index in [4.69, 9.17) is 5.26 Å². The Labute approximate surface area is 100 Å². The van der Waals surface area contributed by atoms with Crippen LogP contribution in [0.4, 0.5) is 0 Å². The zero-order valence-corrected chi connectivity index (χ0v) is 10.3. The molecule has 0 aliphatic rings. The molecule has 17 heavy (non-hydrogen) atoms. The SMILES string of the molecule is CC(C(=O)C(C#N)c1ccccn1)S(C)(=O)=O. The molecule has 5 nitrogen and oxygen atoms in total. The molecule has 0 aliphatic carbocycles. The van der Waals surface area contributed by atoms with E-state index in [9.17, 15) is 13.2 Å². The molecule has 1 rings (SSSR count). The number of pyridine rings is 1. The van der Waals surface area contributed by atoms with Gasteiger partial charge in [-0.05, 0) is 19.1 Å². The number of Topliss-reactive ketones (excluding diaryl/α,β-unsaturated/α-hetero) is 1. The Morgan fingerprint density at radius 1 is 1.47 bits per heavy atom. The van der Waals surface area contributed by atoms with Gasteiger partial charge in [-0.3, -0.25) is 9.78 Å². The van der Waals surface area contributed by atoms with Gasteiger partial charge in [0.25, 0.3) is 0 Å². The van der Waals surface area contributed by atoms with Gasteiger partial charge in [0.15, 0.2) is 15.6 Å². The second-order valence-corrected chi connectivity index (χ2v) is 6.06. The number of hydrogen-bond acceptors (Lipinski definition) is 5. The minimum Gasteiger partial charge on any atom is -0.296 e. The molecular weight excluding hydrogens is 240 g/mol. The first-order chi connectivity index (χ1) is 7.88. The highest BCUT2D eigenvalue weighted by Crippen LogP contribution is 2.17. The molecule has 0 aromatic carbocycles. The second-order valence-electron chi connectivity index (χ2n) is 3.69. The maximum Gasteiger partial charge on any atom is 0.173 e. The Kier molecular flexibility index (Phi) is 3.97. The molecule has 0 aliphatic heterocycles. The second kappa shape index (κ2) is 5.06. The van der Waals surface area contributed by atoms with E-state index in [0.29, 0.717) is 0 Å². The summed E-state index contributed by atoms with van der Waals surface area (Å²) in [5.41, 5.74) is 0.274. The van der Waals surface area contributed by atoms with Gasteiger partial charge in [0.2, 0.25) is 0 Å². The smallest absolute Gasteiger partial charge is 0.173 e. The van der Waals surface area contributed by atoms with Crippen LogP contribution in [-0.2, 0) is 14.6 Å². The lowest BCUT2D eigenvalue weighted by atomic mass is 9.99. The van der Waals surface area contributed by atoms with Crippen molar-refractivity contribution in [3.8, 4) is 6.07 Å². The predicted molar refractivity (Wildman–Crippen MR) is 61.9 cm³/mol. The molecular formula is C11H12N2O3S. The molecule has 0 saturated carbocycles.